The number of carboxylic acids is 2. The first kappa shape index (κ1) is 26.3. The van der Waals surface area contributed by atoms with Crippen LogP contribution in [0, 0.1) is 11.8 Å². The molecule has 0 bridgehead atoms. The summed E-state index contributed by atoms with van der Waals surface area (Å²) < 4.78 is 0. The van der Waals surface area contributed by atoms with Crippen molar-refractivity contribution in [2.24, 2.45) is 17.6 Å². The molecule has 11 heteroatoms. The maximum atomic E-state index is 12.7. The predicted octanol–water partition coefficient (Wildman–Crippen LogP) is -0.949. The topological polar surface area (TPSA) is 188 Å². The Kier molecular flexibility index (Phi) is 11.5. The molecule has 0 radical (unpaired) electrons. The zero-order valence-electron chi connectivity index (χ0n) is 17.2. The Labute approximate surface area is 169 Å². The van der Waals surface area contributed by atoms with E-state index in [4.69, 9.17) is 15.9 Å². The van der Waals surface area contributed by atoms with Crippen molar-refractivity contribution < 1.29 is 34.2 Å². The third-order valence-corrected chi connectivity index (χ3v) is 4.50. The highest BCUT2D eigenvalue weighted by molar-refractivity contribution is 5.94. The monoisotopic (exact) mass is 416 g/mol. The molecule has 0 saturated carbocycles. The number of hydrogen-bond acceptors (Lipinski definition) is 6. The SMILES string of the molecule is CCC(C)C(N)C(=O)NC(CCC(=O)O)C(=O)NC(C(=O)NCC(=O)O)C(C)C. The molecule has 0 saturated heterocycles. The van der Waals surface area contributed by atoms with Crippen molar-refractivity contribution in [3.8, 4) is 0 Å². The number of nitrogens with two attached hydrogens (primary N) is 1. The van der Waals surface area contributed by atoms with Crippen LogP contribution < -0.4 is 21.7 Å². The van der Waals surface area contributed by atoms with E-state index in [1.54, 1.807) is 20.8 Å². The largest absolute Gasteiger partial charge is 0.481 e. The van der Waals surface area contributed by atoms with E-state index >= 15 is 0 Å². The maximum Gasteiger partial charge on any atom is 0.322 e. The molecule has 0 rings (SSSR count). The molecule has 0 fully saturated rings. The molecular weight excluding hydrogens is 384 g/mol. The summed E-state index contributed by atoms with van der Waals surface area (Å²) in [5.74, 6) is -4.97. The molecule has 4 unspecified atom stereocenters. The van der Waals surface area contributed by atoms with Crippen LogP contribution in [-0.4, -0.2) is 64.5 Å². The van der Waals surface area contributed by atoms with Gasteiger partial charge in [-0.2, -0.15) is 0 Å². The summed E-state index contributed by atoms with van der Waals surface area (Å²) in [6, 6.07) is -3.14. The van der Waals surface area contributed by atoms with Crippen molar-refractivity contribution >= 4 is 29.7 Å². The van der Waals surface area contributed by atoms with Crippen LogP contribution in [0.2, 0.25) is 0 Å². The Balaban J connectivity index is 5.29. The molecule has 0 aliphatic rings. The van der Waals surface area contributed by atoms with E-state index < -0.39 is 54.3 Å². The second kappa shape index (κ2) is 12.7. The van der Waals surface area contributed by atoms with Crippen molar-refractivity contribution in [1.82, 2.24) is 16.0 Å². The molecule has 0 aromatic rings. The Morgan fingerprint density at radius 3 is 1.93 bits per heavy atom. The number of hydrogen-bond donors (Lipinski definition) is 6. The van der Waals surface area contributed by atoms with Gasteiger partial charge in [0.05, 0.1) is 6.04 Å². The minimum Gasteiger partial charge on any atom is -0.481 e. The molecule has 0 aromatic carbocycles. The number of nitrogens with one attached hydrogen (secondary N) is 3. The van der Waals surface area contributed by atoms with Gasteiger partial charge < -0.3 is 31.9 Å². The van der Waals surface area contributed by atoms with Gasteiger partial charge in [-0.05, 0) is 18.3 Å². The van der Waals surface area contributed by atoms with Gasteiger partial charge in [-0.3, -0.25) is 24.0 Å². The molecular formula is C18H32N4O7. The lowest BCUT2D eigenvalue weighted by atomic mass is 9.98. The summed E-state index contributed by atoms with van der Waals surface area (Å²) in [5, 5.41) is 24.7. The number of carboxylic acid groups (broad SMARTS) is 2. The molecule has 0 spiro atoms. The van der Waals surface area contributed by atoms with Gasteiger partial charge in [-0.15, -0.1) is 0 Å². The van der Waals surface area contributed by atoms with Crippen LogP contribution in [0.15, 0.2) is 0 Å². The van der Waals surface area contributed by atoms with Crippen LogP contribution >= 0.6 is 0 Å². The minimum absolute atomic E-state index is 0.150. The van der Waals surface area contributed by atoms with Crippen LogP contribution in [0.25, 0.3) is 0 Å². The van der Waals surface area contributed by atoms with Crippen LogP contribution in [0.5, 0.6) is 0 Å². The first-order chi connectivity index (χ1) is 13.4. The van der Waals surface area contributed by atoms with Crippen molar-refractivity contribution in [3.63, 3.8) is 0 Å². The van der Waals surface area contributed by atoms with Gasteiger partial charge in [0, 0.05) is 6.42 Å². The maximum absolute atomic E-state index is 12.7. The number of carbonyl (C=O) groups is 5. The fraction of sp³-hybridized carbons (Fsp3) is 0.722. The van der Waals surface area contributed by atoms with E-state index in [1.807, 2.05) is 6.92 Å². The van der Waals surface area contributed by atoms with Crippen LogP contribution in [0.4, 0.5) is 0 Å². The zero-order chi connectivity index (χ0) is 22.7. The smallest absolute Gasteiger partial charge is 0.322 e. The minimum atomic E-state index is -1.24. The van der Waals surface area contributed by atoms with E-state index in [0.717, 1.165) is 0 Å². The van der Waals surface area contributed by atoms with Gasteiger partial charge >= 0.3 is 11.9 Å². The van der Waals surface area contributed by atoms with E-state index in [9.17, 15) is 24.0 Å². The number of aliphatic carboxylic acids is 2. The molecule has 166 valence electrons. The normalized spacial score (nSPS) is 15.0. The number of amides is 3. The summed E-state index contributed by atoms with van der Waals surface area (Å²) >= 11 is 0. The van der Waals surface area contributed by atoms with Gasteiger partial charge in [0.15, 0.2) is 0 Å². The van der Waals surface area contributed by atoms with Gasteiger partial charge in [0.2, 0.25) is 17.7 Å². The predicted molar refractivity (Wildman–Crippen MR) is 104 cm³/mol. The van der Waals surface area contributed by atoms with Crippen molar-refractivity contribution in [3.05, 3.63) is 0 Å². The fourth-order valence-corrected chi connectivity index (χ4v) is 2.38. The highest BCUT2D eigenvalue weighted by Gasteiger charge is 2.30. The van der Waals surface area contributed by atoms with Gasteiger partial charge in [0.1, 0.15) is 18.6 Å². The Morgan fingerprint density at radius 2 is 1.48 bits per heavy atom. The molecule has 4 atom stereocenters. The molecule has 29 heavy (non-hydrogen) atoms. The molecule has 11 nitrogen and oxygen atoms in total. The third kappa shape index (κ3) is 9.88. The zero-order valence-corrected chi connectivity index (χ0v) is 17.2. The van der Waals surface area contributed by atoms with E-state index in [1.165, 1.54) is 0 Å². The molecule has 0 heterocycles. The highest BCUT2D eigenvalue weighted by Crippen LogP contribution is 2.08. The van der Waals surface area contributed by atoms with Crippen LogP contribution in [0.1, 0.15) is 47.0 Å². The highest BCUT2D eigenvalue weighted by atomic mass is 16.4. The molecule has 3 amide bonds. The average molecular weight is 416 g/mol. The van der Waals surface area contributed by atoms with E-state index in [0.29, 0.717) is 6.42 Å². The first-order valence-electron chi connectivity index (χ1n) is 9.48. The molecule has 7 N–H and O–H groups in total. The lowest BCUT2D eigenvalue weighted by Gasteiger charge is -2.26. The lowest BCUT2D eigenvalue weighted by molar-refractivity contribution is -0.139. The van der Waals surface area contributed by atoms with Crippen molar-refractivity contribution in [2.75, 3.05) is 6.54 Å². The standard InChI is InChI=1S/C18H32N4O7/c1-5-10(4)14(19)17(28)21-11(6-7-12(23)24)16(27)22-15(9(2)3)18(29)20-8-13(25)26/h9-11,14-15H,5-8,19H2,1-4H3,(H,20,29)(H,21,28)(H,22,27)(H,23,24)(H,25,26). The summed E-state index contributed by atoms with van der Waals surface area (Å²) in [6.07, 6.45) is 0.0654. The van der Waals surface area contributed by atoms with Gasteiger partial charge in [-0.1, -0.05) is 34.1 Å². The van der Waals surface area contributed by atoms with Gasteiger partial charge in [0.25, 0.3) is 0 Å². The average Bonchev–Trinajstić information content (AvgIpc) is 2.64. The summed E-state index contributed by atoms with van der Waals surface area (Å²) in [4.78, 5) is 58.7. The second-order valence-electron chi connectivity index (χ2n) is 7.25. The van der Waals surface area contributed by atoms with Crippen molar-refractivity contribution in [1.29, 1.82) is 0 Å². The fourth-order valence-electron chi connectivity index (χ4n) is 2.38. The van der Waals surface area contributed by atoms with Crippen LogP contribution in [0.3, 0.4) is 0 Å². The van der Waals surface area contributed by atoms with Crippen molar-refractivity contribution in [2.45, 2.75) is 65.1 Å². The molecule has 0 aliphatic carbocycles. The summed E-state index contributed by atoms with van der Waals surface area (Å²) in [7, 11) is 0. The Morgan fingerprint density at radius 1 is 0.897 bits per heavy atom. The summed E-state index contributed by atoms with van der Waals surface area (Å²) in [6.45, 7) is 6.32. The first-order valence-corrected chi connectivity index (χ1v) is 9.48. The third-order valence-electron chi connectivity index (χ3n) is 4.50. The quantitative estimate of drug-likeness (QED) is 0.221. The van der Waals surface area contributed by atoms with Gasteiger partial charge in [-0.25, -0.2) is 0 Å². The Bertz CT molecular complexity index is 609. The number of carbonyl (C=O) groups excluding carboxylic acids is 3. The molecule has 0 aliphatic heterocycles. The molecule has 0 aromatic heterocycles. The van der Waals surface area contributed by atoms with Crippen LogP contribution in [-0.2, 0) is 24.0 Å². The van der Waals surface area contributed by atoms with E-state index in [-0.39, 0.29) is 24.7 Å². The lowest BCUT2D eigenvalue weighted by Crippen LogP contribution is -2.57. The second-order valence-corrected chi connectivity index (χ2v) is 7.25. The summed E-state index contributed by atoms with van der Waals surface area (Å²) in [5.41, 5.74) is 5.86. The number of rotatable bonds is 13. The Hall–Kier alpha value is -2.69. The van der Waals surface area contributed by atoms with E-state index in [2.05, 4.69) is 16.0 Å².